The number of benzene rings is 1. The van der Waals surface area contributed by atoms with E-state index >= 15 is 0 Å². The van der Waals surface area contributed by atoms with Crippen LogP contribution >= 0.6 is 0 Å². The lowest BCUT2D eigenvalue weighted by atomic mass is 10.0. The van der Waals surface area contributed by atoms with Gasteiger partial charge in [0.1, 0.15) is 6.04 Å². The molecule has 3 heteroatoms. The van der Waals surface area contributed by atoms with Crippen LogP contribution in [0.15, 0.2) is 30.3 Å². The molecular weight excluding hydrogens is 250 g/mol. The number of nitrogens with one attached hydrogen (secondary N) is 1. The Morgan fingerprint density at radius 3 is 2.50 bits per heavy atom. The van der Waals surface area contributed by atoms with Gasteiger partial charge in [0.15, 0.2) is 0 Å². The smallest absolute Gasteiger partial charge is 0.323 e. The van der Waals surface area contributed by atoms with Crippen molar-refractivity contribution in [1.29, 1.82) is 0 Å². The molecule has 1 aromatic carbocycles. The summed E-state index contributed by atoms with van der Waals surface area (Å²) < 4.78 is 5.47. The van der Waals surface area contributed by atoms with Crippen LogP contribution in [0.3, 0.4) is 0 Å². The molecule has 0 aliphatic rings. The van der Waals surface area contributed by atoms with Crippen LogP contribution in [0.2, 0.25) is 0 Å². The highest BCUT2D eigenvalue weighted by atomic mass is 16.5. The molecule has 0 radical (unpaired) electrons. The minimum absolute atomic E-state index is 0.147. The molecule has 0 aromatic heterocycles. The third-order valence-electron chi connectivity index (χ3n) is 3.65. The maximum Gasteiger partial charge on any atom is 0.323 e. The largest absolute Gasteiger partial charge is 0.464 e. The molecule has 2 atom stereocenters. The van der Waals surface area contributed by atoms with Crippen LogP contribution in [0.25, 0.3) is 0 Å². The number of likely N-dealkylation sites (N-methyl/N-ethyl adjacent to an activating group) is 1. The molecule has 0 aliphatic heterocycles. The van der Waals surface area contributed by atoms with Crippen molar-refractivity contribution in [3.63, 3.8) is 0 Å². The molecule has 0 saturated heterocycles. The van der Waals surface area contributed by atoms with Crippen LogP contribution < -0.4 is 5.32 Å². The predicted octanol–water partition coefficient (Wildman–Crippen LogP) is 3.19. The number of ether oxygens (including phenoxy) is 1. The summed E-state index contributed by atoms with van der Waals surface area (Å²) in [7, 11) is 1.80. The van der Waals surface area contributed by atoms with Gasteiger partial charge >= 0.3 is 5.97 Å². The third-order valence-corrected chi connectivity index (χ3v) is 3.65. The van der Waals surface area contributed by atoms with Crippen molar-refractivity contribution in [2.24, 2.45) is 5.92 Å². The van der Waals surface area contributed by atoms with Gasteiger partial charge in [0, 0.05) is 0 Å². The first-order chi connectivity index (χ1) is 9.71. The summed E-state index contributed by atoms with van der Waals surface area (Å²) in [5.41, 5.74) is 1.14. The van der Waals surface area contributed by atoms with E-state index in [0.717, 1.165) is 24.8 Å². The SMILES string of the molecule is CCCC(CC)COC(=O)C(Cc1ccccc1)NC. The summed E-state index contributed by atoms with van der Waals surface area (Å²) in [6.45, 7) is 4.85. The van der Waals surface area contributed by atoms with E-state index in [1.807, 2.05) is 30.3 Å². The zero-order chi connectivity index (χ0) is 14.8. The van der Waals surface area contributed by atoms with E-state index in [0.29, 0.717) is 18.9 Å². The fraction of sp³-hybridized carbons (Fsp3) is 0.588. The highest BCUT2D eigenvalue weighted by molar-refractivity contribution is 5.76. The second-order valence-electron chi connectivity index (χ2n) is 5.22. The Morgan fingerprint density at radius 2 is 1.95 bits per heavy atom. The van der Waals surface area contributed by atoms with Gasteiger partial charge in [-0.3, -0.25) is 4.79 Å². The van der Waals surface area contributed by atoms with Gasteiger partial charge in [-0.2, -0.15) is 0 Å². The van der Waals surface area contributed by atoms with Crippen LogP contribution in [-0.4, -0.2) is 25.7 Å². The van der Waals surface area contributed by atoms with E-state index in [4.69, 9.17) is 4.74 Å². The molecule has 0 spiro atoms. The average molecular weight is 277 g/mol. The fourth-order valence-corrected chi connectivity index (χ4v) is 2.27. The van der Waals surface area contributed by atoms with Crippen molar-refractivity contribution in [1.82, 2.24) is 5.32 Å². The quantitative estimate of drug-likeness (QED) is 0.705. The van der Waals surface area contributed by atoms with Gasteiger partial charge in [0.25, 0.3) is 0 Å². The van der Waals surface area contributed by atoms with Gasteiger partial charge < -0.3 is 10.1 Å². The number of carbonyl (C=O) groups excluding carboxylic acids is 1. The van der Waals surface area contributed by atoms with Crippen LogP contribution in [-0.2, 0) is 16.0 Å². The number of rotatable bonds is 9. The molecule has 0 heterocycles. The molecular formula is C17H27NO2. The van der Waals surface area contributed by atoms with Crippen LogP contribution in [0, 0.1) is 5.92 Å². The first-order valence-electron chi connectivity index (χ1n) is 7.59. The minimum Gasteiger partial charge on any atom is -0.464 e. The van der Waals surface area contributed by atoms with Gasteiger partial charge in [-0.1, -0.05) is 57.0 Å². The normalized spacial score (nSPS) is 13.8. The van der Waals surface area contributed by atoms with Crippen molar-refractivity contribution in [3.05, 3.63) is 35.9 Å². The van der Waals surface area contributed by atoms with Crippen molar-refractivity contribution >= 4 is 5.97 Å². The zero-order valence-corrected chi connectivity index (χ0v) is 12.9. The number of esters is 1. The van der Waals surface area contributed by atoms with Crippen LogP contribution in [0.1, 0.15) is 38.7 Å². The summed E-state index contributed by atoms with van der Waals surface area (Å²) in [6, 6.07) is 9.75. The van der Waals surface area contributed by atoms with Crippen molar-refractivity contribution in [2.45, 2.75) is 45.6 Å². The highest BCUT2D eigenvalue weighted by Gasteiger charge is 2.19. The zero-order valence-electron chi connectivity index (χ0n) is 12.9. The Kier molecular flexibility index (Phi) is 7.97. The molecule has 0 bridgehead atoms. The standard InChI is InChI=1S/C17H27NO2/c1-4-9-14(5-2)13-20-17(19)16(18-3)12-15-10-7-6-8-11-15/h6-8,10-11,14,16,18H,4-5,9,12-13H2,1-3H3. The maximum atomic E-state index is 12.1. The van der Waals surface area contributed by atoms with Gasteiger partial charge in [0.2, 0.25) is 0 Å². The van der Waals surface area contributed by atoms with E-state index in [9.17, 15) is 4.79 Å². The second kappa shape index (κ2) is 9.54. The van der Waals surface area contributed by atoms with Gasteiger partial charge in [-0.05, 0) is 31.4 Å². The maximum absolute atomic E-state index is 12.1. The molecule has 0 fully saturated rings. The molecule has 3 nitrogen and oxygen atoms in total. The molecule has 0 amide bonds. The summed E-state index contributed by atoms with van der Waals surface area (Å²) in [4.78, 5) is 12.1. The number of hydrogen-bond donors (Lipinski definition) is 1. The first-order valence-corrected chi connectivity index (χ1v) is 7.59. The lowest BCUT2D eigenvalue weighted by Gasteiger charge is -2.18. The molecule has 1 rings (SSSR count). The summed E-state index contributed by atoms with van der Waals surface area (Å²) in [5, 5.41) is 3.05. The average Bonchev–Trinajstić information content (AvgIpc) is 2.49. The van der Waals surface area contributed by atoms with E-state index in [1.165, 1.54) is 0 Å². The Labute approximate surface area is 122 Å². The molecule has 0 saturated carbocycles. The first kappa shape index (κ1) is 16.7. The van der Waals surface area contributed by atoms with E-state index in [1.54, 1.807) is 7.05 Å². The lowest BCUT2D eigenvalue weighted by molar-refractivity contribution is -0.147. The van der Waals surface area contributed by atoms with Crippen LogP contribution in [0.4, 0.5) is 0 Å². The van der Waals surface area contributed by atoms with Crippen LogP contribution in [0.5, 0.6) is 0 Å². The van der Waals surface area contributed by atoms with Crippen molar-refractivity contribution < 1.29 is 9.53 Å². The summed E-state index contributed by atoms with van der Waals surface area (Å²) >= 11 is 0. The monoisotopic (exact) mass is 277 g/mol. The van der Waals surface area contributed by atoms with E-state index < -0.39 is 0 Å². The molecule has 2 unspecified atom stereocenters. The fourth-order valence-electron chi connectivity index (χ4n) is 2.27. The summed E-state index contributed by atoms with van der Waals surface area (Å²) in [5.74, 6) is 0.337. The third kappa shape index (κ3) is 5.74. The van der Waals surface area contributed by atoms with Gasteiger partial charge in [0.05, 0.1) is 6.61 Å². The van der Waals surface area contributed by atoms with E-state index in [-0.39, 0.29) is 12.0 Å². The highest BCUT2D eigenvalue weighted by Crippen LogP contribution is 2.12. The topological polar surface area (TPSA) is 38.3 Å². The van der Waals surface area contributed by atoms with Crippen molar-refractivity contribution in [2.75, 3.05) is 13.7 Å². The molecule has 0 aliphatic carbocycles. The number of hydrogen-bond acceptors (Lipinski definition) is 3. The van der Waals surface area contributed by atoms with E-state index in [2.05, 4.69) is 19.2 Å². The Bertz CT molecular complexity index is 378. The van der Waals surface area contributed by atoms with Gasteiger partial charge in [-0.25, -0.2) is 0 Å². The Morgan fingerprint density at radius 1 is 1.25 bits per heavy atom. The summed E-state index contributed by atoms with van der Waals surface area (Å²) in [6.07, 6.45) is 3.98. The predicted molar refractivity (Wildman–Crippen MR) is 82.6 cm³/mol. The molecule has 112 valence electrons. The molecule has 20 heavy (non-hydrogen) atoms. The Balaban J connectivity index is 2.46. The second-order valence-corrected chi connectivity index (χ2v) is 5.22. The lowest BCUT2D eigenvalue weighted by Crippen LogP contribution is -2.38. The minimum atomic E-state index is -0.267. The Hall–Kier alpha value is -1.35. The number of carbonyl (C=O) groups is 1. The molecule has 1 N–H and O–H groups in total. The molecule has 1 aromatic rings. The van der Waals surface area contributed by atoms with Gasteiger partial charge in [-0.15, -0.1) is 0 Å². The van der Waals surface area contributed by atoms with Crippen molar-refractivity contribution in [3.8, 4) is 0 Å².